The molecule has 0 unspecified atom stereocenters. The maximum Gasteiger partial charge on any atom is 0.194 e. The molecule has 6 heteroatoms. The van der Waals surface area contributed by atoms with Gasteiger partial charge in [-0.3, -0.25) is 0 Å². The van der Waals surface area contributed by atoms with Gasteiger partial charge in [-0.15, -0.1) is 0 Å². The summed E-state index contributed by atoms with van der Waals surface area (Å²) in [6, 6.07) is 10.8. The van der Waals surface area contributed by atoms with Crippen LogP contribution in [0.3, 0.4) is 0 Å². The minimum atomic E-state index is -3.27. The lowest BCUT2D eigenvalue weighted by Gasteiger charge is -2.29. The fourth-order valence-electron chi connectivity index (χ4n) is 4.70. The van der Waals surface area contributed by atoms with Gasteiger partial charge in [0.25, 0.3) is 0 Å². The minimum absolute atomic E-state index is 0.290. The molecule has 3 aliphatic carbocycles. The summed E-state index contributed by atoms with van der Waals surface area (Å²) in [5.74, 6) is 3.41. The number of benzene rings is 1. The molecule has 5 rings (SSSR count). The Balaban J connectivity index is 0.000000407. The predicted octanol–water partition coefficient (Wildman–Crippen LogP) is 4.84. The van der Waals surface area contributed by atoms with Gasteiger partial charge in [-0.25, -0.2) is 13.4 Å². The Morgan fingerprint density at radius 2 is 1.52 bits per heavy atom. The van der Waals surface area contributed by atoms with E-state index in [1.54, 1.807) is 0 Å². The van der Waals surface area contributed by atoms with Crippen molar-refractivity contribution in [1.82, 2.24) is 9.55 Å². The van der Waals surface area contributed by atoms with Crippen LogP contribution < -0.4 is 0 Å². The lowest BCUT2D eigenvalue weighted by Crippen LogP contribution is -2.17. The third kappa shape index (κ3) is 5.78. The molecule has 0 spiro atoms. The standard InChI is InChI=1S/C21H28N2O2S.C4H8O/c1-15-21(26(2,24)25)22-20(23(15)14-16-8-9-16)19-12-10-18(11-13-19)17-6-4-3-5-7-17;5-3-4-1-2-4/h3-7,16,18-19H,8-14H2,1-2H3;4-5H,1-3H2. The summed E-state index contributed by atoms with van der Waals surface area (Å²) in [6.07, 6.45) is 10.8. The summed E-state index contributed by atoms with van der Waals surface area (Å²) in [6.45, 7) is 3.27. The smallest absolute Gasteiger partial charge is 0.194 e. The van der Waals surface area contributed by atoms with Crippen LogP contribution in [0.5, 0.6) is 0 Å². The number of aliphatic hydroxyl groups is 1. The first-order chi connectivity index (χ1) is 14.9. The number of sulfone groups is 1. The molecule has 0 aliphatic heterocycles. The number of hydrogen-bond acceptors (Lipinski definition) is 4. The van der Waals surface area contributed by atoms with Crippen LogP contribution in [0.4, 0.5) is 0 Å². The molecule has 0 bridgehead atoms. The van der Waals surface area contributed by atoms with E-state index in [-0.39, 0.29) is 0 Å². The third-order valence-electron chi connectivity index (χ3n) is 7.01. The molecule has 1 N–H and O–H groups in total. The average Bonchev–Trinajstić information content (AvgIpc) is 3.68. The van der Waals surface area contributed by atoms with Crippen LogP contribution in [-0.2, 0) is 16.4 Å². The molecular weight excluding hydrogens is 408 g/mol. The summed E-state index contributed by atoms with van der Waals surface area (Å²) >= 11 is 0. The molecule has 3 saturated carbocycles. The molecule has 0 atom stereocenters. The van der Waals surface area contributed by atoms with Gasteiger partial charge in [0.05, 0.1) is 5.69 Å². The molecular formula is C25H36N2O3S. The molecule has 1 aromatic heterocycles. The molecule has 0 radical (unpaired) electrons. The highest BCUT2D eigenvalue weighted by Crippen LogP contribution is 2.42. The van der Waals surface area contributed by atoms with E-state index in [0.29, 0.717) is 35.3 Å². The first-order valence-corrected chi connectivity index (χ1v) is 13.7. The van der Waals surface area contributed by atoms with Gasteiger partial charge in [-0.05, 0) is 81.6 Å². The average molecular weight is 445 g/mol. The van der Waals surface area contributed by atoms with Gasteiger partial charge in [0.1, 0.15) is 5.82 Å². The van der Waals surface area contributed by atoms with Gasteiger partial charge >= 0.3 is 0 Å². The molecule has 5 nitrogen and oxygen atoms in total. The molecule has 0 amide bonds. The molecule has 1 aromatic carbocycles. The Kier molecular flexibility index (Phi) is 6.87. The molecule has 1 heterocycles. The highest BCUT2D eigenvalue weighted by Gasteiger charge is 2.32. The van der Waals surface area contributed by atoms with Crippen molar-refractivity contribution in [2.24, 2.45) is 11.8 Å². The highest BCUT2D eigenvalue weighted by molar-refractivity contribution is 7.90. The third-order valence-corrected chi connectivity index (χ3v) is 8.10. The van der Waals surface area contributed by atoms with Gasteiger partial charge in [-0.2, -0.15) is 0 Å². The van der Waals surface area contributed by atoms with E-state index in [0.717, 1.165) is 43.7 Å². The normalized spacial score (nSPS) is 23.8. The van der Waals surface area contributed by atoms with E-state index in [1.807, 2.05) is 6.92 Å². The fourth-order valence-corrected chi connectivity index (χ4v) is 5.60. The maximum atomic E-state index is 12.2. The summed E-state index contributed by atoms with van der Waals surface area (Å²) in [4.78, 5) is 4.66. The summed E-state index contributed by atoms with van der Waals surface area (Å²) in [5, 5.41) is 8.50. The molecule has 3 fully saturated rings. The van der Waals surface area contributed by atoms with E-state index < -0.39 is 9.84 Å². The van der Waals surface area contributed by atoms with Gasteiger partial charge in [0.2, 0.25) is 0 Å². The summed E-state index contributed by atoms with van der Waals surface area (Å²) in [5.41, 5.74) is 2.26. The Labute approximate surface area is 186 Å². The quantitative estimate of drug-likeness (QED) is 0.692. The minimum Gasteiger partial charge on any atom is -0.396 e. The maximum absolute atomic E-state index is 12.2. The van der Waals surface area contributed by atoms with Crippen LogP contribution in [-0.4, -0.2) is 35.9 Å². The molecule has 3 aliphatic rings. The number of imidazole rings is 1. The van der Waals surface area contributed by atoms with Crippen molar-refractivity contribution in [2.75, 3.05) is 12.9 Å². The highest BCUT2D eigenvalue weighted by atomic mass is 32.2. The monoisotopic (exact) mass is 444 g/mol. The van der Waals surface area contributed by atoms with E-state index in [4.69, 9.17) is 5.11 Å². The number of aromatic nitrogens is 2. The van der Waals surface area contributed by atoms with Crippen LogP contribution in [0.15, 0.2) is 35.4 Å². The number of aliphatic hydroxyl groups excluding tert-OH is 1. The van der Waals surface area contributed by atoms with Crippen LogP contribution in [0, 0.1) is 18.8 Å². The topological polar surface area (TPSA) is 72.2 Å². The Hall–Kier alpha value is -1.66. The van der Waals surface area contributed by atoms with Crippen molar-refractivity contribution in [2.45, 2.75) is 81.7 Å². The largest absolute Gasteiger partial charge is 0.396 e. The first kappa shape index (κ1) is 22.5. The second-order valence-electron chi connectivity index (χ2n) is 9.77. The van der Waals surface area contributed by atoms with Crippen molar-refractivity contribution in [3.8, 4) is 0 Å². The van der Waals surface area contributed by atoms with Gasteiger partial charge in [0.15, 0.2) is 14.9 Å². The second-order valence-corrected chi connectivity index (χ2v) is 11.7. The zero-order valence-corrected chi connectivity index (χ0v) is 19.7. The van der Waals surface area contributed by atoms with Crippen LogP contribution >= 0.6 is 0 Å². The SMILES string of the molecule is Cc1c(S(C)(=O)=O)nc(C2CCC(c3ccccc3)CC2)n1CC1CC1.OCC1CC1. The summed E-state index contributed by atoms with van der Waals surface area (Å²) in [7, 11) is -3.27. The summed E-state index contributed by atoms with van der Waals surface area (Å²) < 4.78 is 26.6. The molecule has 170 valence electrons. The Morgan fingerprint density at radius 3 is 2.00 bits per heavy atom. The van der Waals surface area contributed by atoms with Crippen LogP contribution in [0.1, 0.15) is 80.3 Å². The number of nitrogens with zero attached hydrogens (tertiary/aromatic N) is 2. The van der Waals surface area contributed by atoms with Crippen LogP contribution in [0.25, 0.3) is 0 Å². The zero-order chi connectivity index (χ0) is 22.0. The fraction of sp³-hybridized carbons (Fsp3) is 0.640. The van der Waals surface area contributed by atoms with Gasteiger partial charge in [-0.1, -0.05) is 30.3 Å². The first-order valence-electron chi connectivity index (χ1n) is 11.8. The van der Waals surface area contributed by atoms with Crippen molar-refractivity contribution in [1.29, 1.82) is 0 Å². The number of rotatable bonds is 6. The molecule has 0 saturated heterocycles. The van der Waals surface area contributed by atoms with E-state index in [2.05, 4.69) is 39.9 Å². The molecule has 31 heavy (non-hydrogen) atoms. The van der Waals surface area contributed by atoms with Crippen molar-refractivity contribution in [3.05, 3.63) is 47.4 Å². The van der Waals surface area contributed by atoms with E-state index in [9.17, 15) is 8.42 Å². The second kappa shape index (κ2) is 9.45. The van der Waals surface area contributed by atoms with Gasteiger partial charge in [0, 0.05) is 25.3 Å². The van der Waals surface area contributed by atoms with Crippen molar-refractivity contribution in [3.63, 3.8) is 0 Å². The lowest BCUT2D eigenvalue weighted by atomic mass is 9.78. The van der Waals surface area contributed by atoms with E-state index >= 15 is 0 Å². The Morgan fingerprint density at radius 1 is 0.935 bits per heavy atom. The van der Waals surface area contributed by atoms with Crippen LogP contribution in [0.2, 0.25) is 0 Å². The molecule has 2 aromatic rings. The van der Waals surface area contributed by atoms with E-state index in [1.165, 1.54) is 37.5 Å². The zero-order valence-electron chi connectivity index (χ0n) is 18.8. The number of hydrogen-bond donors (Lipinski definition) is 1. The Bertz CT molecular complexity index is 968. The van der Waals surface area contributed by atoms with Crippen molar-refractivity contribution < 1.29 is 13.5 Å². The predicted molar refractivity (Wildman–Crippen MR) is 123 cm³/mol. The van der Waals surface area contributed by atoms with Gasteiger partial charge < -0.3 is 9.67 Å². The lowest BCUT2D eigenvalue weighted by molar-refractivity contribution is 0.277. The van der Waals surface area contributed by atoms with Crippen molar-refractivity contribution >= 4 is 9.84 Å².